The minimum Gasteiger partial charge on any atom is -0.489 e. The van der Waals surface area contributed by atoms with Gasteiger partial charge in [-0.25, -0.2) is 8.78 Å². The quantitative estimate of drug-likeness (QED) is 0.873. The number of carbonyl (C=O) groups excluding carboxylic acids is 1. The highest BCUT2D eigenvalue weighted by molar-refractivity contribution is 5.94. The van der Waals surface area contributed by atoms with Gasteiger partial charge in [0, 0.05) is 32.1 Å². The molecule has 1 aromatic carbocycles. The molecule has 0 saturated carbocycles. The van der Waals surface area contributed by atoms with Gasteiger partial charge in [0.05, 0.1) is 6.20 Å². The lowest BCUT2D eigenvalue weighted by Gasteiger charge is -2.32. The molecule has 2 heterocycles. The van der Waals surface area contributed by atoms with E-state index in [9.17, 15) is 13.6 Å². The van der Waals surface area contributed by atoms with Crippen LogP contribution in [0, 0.1) is 11.6 Å². The maximum atomic E-state index is 13.7. The molecule has 2 aromatic rings. The number of benzene rings is 1. The summed E-state index contributed by atoms with van der Waals surface area (Å²) in [5.41, 5.74) is -0.487. The first-order valence-electron chi connectivity index (χ1n) is 7.45. The molecule has 0 spiro atoms. The molecule has 0 N–H and O–H groups in total. The highest BCUT2D eigenvalue weighted by Crippen LogP contribution is 2.21. The number of pyridine rings is 1. The van der Waals surface area contributed by atoms with Crippen molar-refractivity contribution in [3.05, 3.63) is 59.9 Å². The molecule has 1 aliphatic rings. The smallest absolute Gasteiger partial charge is 0.259 e. The third-order valence-corrected chi connectivity index (χ3v) is 3.84. The first-order chi connectivity index (χ1) is 11.1. The number of halogens is 2. The van der Waals surface area contributed by atoms with Gasteiger partial charge < -0.3 is 9.64 Å². The number of nitrogens with zero attached hydrogens (tertiary/aromatic N) is 2. The zero-order valence-corrected chi connectivity index (χ0v) is 12.4. The van der Waals surface area contributed by atoms with E-state index in [0.29, 0.717) is 31.7 Å². The van der Waals surface area contributed by atoms with E-state index in [1.165, 1.54) is 11.0 Å². The van der Waals surface area contributed by atoms with E-state index in [-0.39, 0.29) is 6.10 Å². The second kappa shape index (κ2) is 6.73. The van der Waals surface area contributed by atoms with Crippen LogP contribution in [0.1, 0.15) is 23.2 Å². The van der Waals surface area contributed by atoms with Crippen LogP contribution in [0.5, 0.6) is 5.75 Å². The summed E-state index contributed by atoms with van der Waals surface area (Å²) in [6, 6.07) is 7.03. The van der Waals surface area contributed by atoms with Crippen molar-refractivity contribution in [3.63, 3.8) is 0 Å². The maximum Gasteiger partial charge on any atom is 0.259 e. The van der Waals surface area contributed by atoms with Crippen LogP contribution in [-0.4, -0.2) is 35.0 Å². The minimum absolute atomic E-state index is 0.0336. The Hall–Kier alpha value is -2.50. The van der Waals surface area contributed by atoms with E-state index in [1.807, 2.05) is 6.07 Å². The lowest BCUT2D eigenvalue weighted by Crippen LogP contribution is -2.42. The largest absolute Gasteiger partial charge is 0.489 e. The Kier molecular flexibility index (Phi) is 4.50. The predicted octanol–water partition coefficient (Wildman–Crippen LogP) is 3.04. The van der Waals surface area contributed by atoms with E-state index in [0.717, 1.165) is 12.1 Å². The lowest BCUT2D eigenvalue weighted by molar-refractivity contribution is 0.0586. The van der Waals surface area contributed by atoms with Gasteiger partial charge in [0.25, 0.3) is 5.91 Å². The Bertz CT molecular complexity index is 666. The Morgan fingerprint density at radius 3 is 2.43 bits per heavy atom. The van der Waals surface area contributed by atoms with Crippen molar-refractivity contribution in [1.29, 1.82) is 0 Å². The molecule has 0 radical (unpaired) electrons. The van der Waals surface area contributed by atoms with Gasteiger partial charge in [-0.1, -0.05) is 6.07 Å². The summed E-state index contributed by atoms with van der Waals surface area (Å²) in [6.07, 6.45) is 4.48. The number of hydrogen-bond acceptors (Lipinski definition) is 3. The van der Waals surface area contributed by atoms with Crippen LogP contribution in [0.3, 0.4) is 0 Å². The Morgan fingerprint density at radius 1 is 1.13 bits per heavy atom. The van der Waals surface area contributed by atoms with E-state index in [4.69, 9.17) is 4.74 Å². The van der Waals surface area contributed by atoms with Gasteiger partial charge in [0.1, 0.15) is 29.1 Å². The maximum absolute atomic E-state index is 13.7. The van der Waals surface area contributed by atoms with Gasteiger partial charge in [-0.05, 0) is 24.3 Å². The summed E-state index contributed by atoms with van der Waals surface area (Å²) in [4.78, 5) is 17.7. The third-order valence-electron chi connectivity index (χ3n) is 3.84. The number of ether oxygens (including phenoxy) is 1. The second-order valence-corrected chi connectivity index (χ2v) is 5.39. The predicted molar refractivity (Wildman–Crippen MR) is 80.1 cm³/mol. The molecule has 23 heavy (non-hydrogen) atoms. The Morgan fingerprint density at radius 2 is 1.83 bits per heavy atom. The van der Waals surface area contributed by atoms with E-state index >= 15 is 0 Å². The molecule has 0 aliphatic carbocycles. The summed E-state index contributed by atoms with van der Waals surface area (Å²) < 4.78 is 33.2. The molecule has 1 saturated heterocycles. The van der Waals surface area contributed by atoms with Crippen LogP contribution in [0.2, 0.25) is 0 Å². The average Bonchev–Trinajstić information content (AvgIpc) is 2.56. The van der Waals surface area contributed by atoms with Crippen molar-refractivity contribution in [2.75, 3.05) is 13.1 Å². The van der Waals surface area contributed by atoms with Gasteiger partial charge in [-0.2, -0.15) is 0 Å². The SMILES string of the molecule is O=C(c1c(F)cccc1F)N1CCC(Oc2cccnc2)CC1. The minimum atomic E-state index is -0.830. The van der Waals surface area contributed by atoms with Gasteiger partial charge in [0.15, 0.2) is 0 Å². The monoisotopic (exact) mass is 318 g/mol. The molecule has 1 amide bonds. The molecule has 6 heteroatoms. The number of rotatable bonds is 3. The van der Waals surface area contributed by atoms with Crippen molar-refractivity contribution in [2.45, 2.75) is 18.9 Å². The number of hydrogen-bond donors (Lipinski definition) is 0. The fraction of sp³-hybridized carbons (Fsp3) is 0.294. The number of piperidine rings is 1. The molecular weight excluding hydrogens is 302 g/mol. The fourth-order valence-electron chi connectivity index (χ4n) is 2.65. The molecule has 4 nitrogen and oxygen atoms in total. The molecular formula is C17H16F2N2O2. The first kappa shape index (κ1) is 15.4. The van der Waals surface area contributed by atoms with E-state index in [2.05, 4.69) is 4.98 Å². The van der Waals surface area contributed by atoms with Gasteiger partial charge >= 0.3 is 0 Å². The fourth-order valence-corrected chi connectivity index (χ4v) is 2.65. The normalized spacial score (nSPS) is 15.5. The van der Waals surface area contributed by atoms with Crippen molar-refractivity contribution in [1.82, 2.24) is 9.88 Å². The average molecular weight is 318 g/mol. The van der Waals surface area contributed by atoms with Crippen LogP contribution in [0.15, 0.2) is 42.7 Å². The number of aromatic nitrogens is 1. The van der Waals surface area contributed by atoms with Crippen LogP contribution >= 0.6 is 0 Å². The van der Waals surface area contributed by atoms with Gasteiger partial charge in [-0.15, -0.1) is 0 Å². The van der Waals surface area contributed by atoms with Crippen molar-refractivity contribution >= 4 is 5.91 Å². The molecule has 1 fully saturated rings. The van der Waals surface area contributed by atoms with Crippen molar-refractivity contribution in [3.8, 4) is 5.75 Å². The number of amides is 1. The zero-order chi connectivity index (χ0) is 16.2. The standard InChI is InChI=1S/C17H16F2N2O2/c18-14-4-1-5-15(19)16(14)17(22)21-9-6-12(7-10-21)23-13-3-2-8-20-11-13/h1-5,8,11-12H,6-7,9-10H2. The molecule has 120 valence electrons. The van der Waals surface area contributed by atoms with Crippen molar-refractivity contribution in [2.24, 2.45) is 0 Å². The summed E-state index contributed by atoms with van der Waals surface area (Å²) in [5, 5.41) is 0. The molecule has 0 unspecified atom stereocenters. The topological polar surface area (TPSA) is 42.4 Å². The Labute approximate surface area is 132 Å². The summed E-state index contributed by atoms with van der Waals surface area (Å²) in [5.74, 6) is -1.59. The van der Waals surface area contributed by atoms with E-state index in [1.54, 1.807) is 18.5 Å². The molecule has 0 atom stereocenters. The first-order valence-corrected chi connectivity index (χ1v) is 7.45. The molecule has 3 rings (SSSR count). The summed E-state index contributed by atoms with van der Waals surface area (Å²) in [6.45, 7) is 0.801. The molecule has 0 bridgehead atoms. The highest BCUT2D eigenvalue weighted by Gasteiger charge is 2.28. The van der Waals surface area contributed by atoms with E-state index < -0.39 is 23.1 Å². The molecule has 1 aliphatic heterocycles. The summed E-state index contributed by atoms with van der Waals surface area (Å²) in [7, 11) is 0. The van der Waals surface area contributed by atoms with Crippen LogP contribution in [-0.2, 0) is 0 Å². The molecule has 1 aromatic heterocycles. The third kappa shape index (κ3) is 3.47. The van der Waals surface area contributed by atoms with Crippen LogP contribution in [0.4, 0.5) is 8.78 Å². The van der Waals surface area contributed by atoms with Gasteiger partial charge in [-0.3, -0.25) is 9.78 Å². The number of likely N-dealkylation sites (tertiary alicyclic amines) is 1. The second-order valence-electron chi connectivity index (χ2n) is 5.39. The lowest BCUT2D eigenvalue weighted by atomic mass is 10.1. The van der Waals surface area contributed by atoms with Gasteiger partial charge in [0.2, 0.25) is 0 Å². The highest BCUT2D eigenvalue weighted by atomic mass is 19.1. The number of carbonyl (C=O) groups is 1. The Balaban J connectivity index is 1.62. The van der Waals surface area contributed by atoms with Crippen LogP contribution in [0.25, 0.3) is 0 Å². The zero-order valence-electron chi connectivity index (χ0n) is 12.4. The summed E-state index contributed by atoms with van der Waals surface area (Å²) >= 11 is 0. The van der Waals surface area contributed by atoms with Crippen LogP contribution < -0.4 is 4.74 Å². The van der Waals surface area contributed by atoms with Crippen molar-refractivity contribution < 1.29 is 18.3 Å².